The van der Waals surface area contributed by atoms with Crippen molar-refractivity contribution < 1.29 is 28.3 Å². The Labute approximate surface area is 97.9 Å². The largest absolute Gasteiger partial charge is 0.488 e. The van der Waals surface area contributed by atoms with Crippen molar-refractivity contribution in [2.45, 2.75) is 6.92 Å². The maximum Gasteiger partial charge on any atom is 0.488 e. The van der Waals surface area contributed by atoms with Crippen LogP contribution in [0.5, 0.6) is 5.75 Å². The highest BCUT2D eigenvalue weighted by atomic mass is 19.1. The van der Waals surface area contributed by atoms with Gasteiger partial charge in [-0.2, -0.15) is 0 Å². The summed E-state index contributed by atoms with van der Waals surface area (Å²) >= 11 is 0. The van der Waals surface area contributed by atoms with Crippen molar-refractivity contribution in [3.8, 4) is 5.75 Å². The number of benzene rings is 1. The summed E-state index contributed by atoms with van der Waals surface area (Å²) in [6.45, 7) is 1.51. The van der Waals surface area contributed by atoms with Gasteiger partial charge in [-0.15, -0.1) is 0 Å². The van der Waals surface area contributed by atoms with Crippen LogP contribution in [-0.2, 0) is 4.74 Å². The Kier molecular flexibility index (Phi) is 4.86. The van der Waals surface area contributed by atoms with Crippen molar-refractivity contribution in [3.63, 3.8) is 0 Å². The van der Waals surface area contributed by atoms with E-state index < -0.39 is 24.5 Å². The smallest absolute Gasteiger partial charge is 0.485 e. The molecule has 0 aromatic heterocycles. The number of ether oxygens (including phenoxy) is 2. The molecule has 1 aromatic rings. The zero-order valence-corrected chi connectivity index (χ0v) is 9.54. The van der Waals surface area contributed by atoms with Crippen LogP contribution >= 0.6 is 0 Å². The van der Waals surface area contributed by atoms with Crippen LogP contribution in [0.2, 0.25) is 0 Å². The Morgan fingerprint density at radius 3 is 2.47 bits per heavy atom. The summed E-state index contributed by atoms with van der Waals surface area (Å²) in [6, 6.07) is 0.839. The van der Waals surface area contributed by atoms with Gasteiger partial charge in [-0.1, -0.05) is 0 Å². The molecule has 1 rings (SSSR count). The van der Waals surface area contributed by atoms with Gasteiger partial charge in [0.15, 0.2) is 17.4 Å². The molecule has 0 spiro atoms. The number of halogens is 2. The highest BCUT2D eigenvalue weighted by Crippen LogP contribution is 2.23. The molecule has 0 amide bonds. The predicted molar refractivity (Wildman–Crippen MR) is 58.3 cm³/mol. The van der Waals surface area contributed by atoms with Gasteiger partial charge in [0.2, 0.25) is 0 Å². The molecule has 4 nitrogen and oxygen atoms in total. The molecule has 7 heteroatoms. The van der Waals surface area contributed by atoms with Gasteiger partial charge in [-0.25, -0.2) is 8.78 Å². The van der Waals surface area contributed by atoms with Gasteiger partial charge in [0.25, 0.3) is 0 Å². The molecule has 0 saturated heterocycles. The van der Waals surface area contributed by atoms with E-state index in [1.54, 1.807) is 0 Å². The van der Waals surface area contributed by atoms with Gasteiger partial charge in [0.1, 0.15) is 6.61 Å². The first-order valence-electron chi connectivity index (χ1n) is 4.95. The third kappa shape index (κ3) is 3.15. The van der Waals surface area contributed by atoms with E-state index in [1.165, 1.54) is 14.0 Å². The number of methoxy groups -OCH3 is 1. The van der Waals surface area contributed by atoms with Crippen molar-refractivity contribution in [3.05, 3.63) is 23.3 Å². The summed E-state index contributed by atoms with van der Waals surface area (Å²) in [4.78, 5) is 0. The van der Waals surface area contributed by atoms with Crippen molar-refractivity contribution >= 4 is 12.6 Å². The summed E-state index contributed by atoms with van der Waals surface area (Å²) in [5.74, 6) is -2.46. The molecule has 0 unspecified atom stereocenters. The summed E-state index contributed by atoms with van der Waals surface area (Å²) in [7, 11) is -0.487. The lowest BCUT2D eigenvalue weighted by Gasteiger charge is -2.12. The molecule has 1 aromatic carbocycles. The monoisotopic (exact) mass is 246 g/mol. The Balaban J connectivity index is 3.03. The van der Waals surface area contributed by atoms with Crippen molar-refractivity contribution in [2.24, 2.45) is 0 Å². The van der Waals surface area contributed by atoms with Gasteiger partial charge >= 0.3 is 7.12 Å². The fraction of sp³-hybridized carbons (Fsp3) is 0.400. The summed E-state index contributed by atoms with van der Waals surface area (Å²) < 4.78 is 36.7. The van der Waals surface area contributed by atoms with Crippen LogP contribution in [0.1, 0.15) is 5.56 Å². The van der Waals surface area contributed by atoms with Gasteiger partial charge in [0, 0.05) is 7.11 Å². The highest BCUT2D eigenvalue weighted by Gasteiger charge is 2.23. The lowest BCUT2D eigenvalue weighted by molar-refractivity contribution is 0.141. The highest BCUT2D eigenvalue weighted by molar-refractivity contribution is 6.59. The maximum atomic E-state index is 13.7. The fourth-order valence-corrected chi connectivity index (χ4v) is 1.34. The summed E-state index contributed by atoms with van der Waals surface area (Å²) in [5, 5.41) is 17.8. The minimum atomic E-state index is -1.92. The number of hydrogen-bond donors (Lipinski definition) is 2. The van der Waals surface area contributed by atoms with E-state index in [4.69, 9.17) is 14.8 Å². The second kappa shape index (κ2) is 5.95. The molecule has 0 heterocycles. The third-order valence-corrected chi connectivity index (χ3v) is 2.27. The average Bonchev–Trinajstić information content (AvgIpc) is 2.28. The molecular weight excluding hydrogens is 233 g/mol. The lowest BCUT2D eigenvalue weighted by atomic mass is 9.77. The Morgan fingerprint density at radius 2 is 1.94 bits per heavy atom. The second-order valence-corrected chi connectivity index (χ2v) is 3.43. The van der Waals surface area contributed by atoms with Crippen LogP contribution in [0.25, 0.3) is 0 Å². The zero-order chi connectivity index (χ0) is 13.0. The summed E-state index contributed by atoms with van der Waals surface area (Å²) in [5.41, 5.74) is -0.284. The van der Waals surface area contributed by atoms with Crippen molar-refractivity contribution in [1.82, 2.24) is 0 Å². The molecule has 0 saturated carbocycles. The average molecular weight is 246 g/mol. The van der Waals surface area contributed by atoms with Crippen molar-refractivity contribution in [1.29, 1.82) is 0 Å². The molecule has 0 radical (unpaired) electrons. The zero-order valence-electron chi connectivity index (χ0n) is 9.54. The molecule has 0 bridgehead atoms. The van der Waals surface area contributed by atoms with Gasteiger partial charge in [-0.3, -0.25) is 0 Å². The third-order valence-electron chi connectivity index (χ3n) is 2.27. The Bertz CT molecular complexity index is 398. The molecule has 2 N–H and O–H groups in total. The second-order valence-electron chi connectivity index (χ2n) is 3.43. The number of hydrogen-bond acceptors (Lipinski definition) is 4. The molecule has 17 heavy (non-hydrogen) atoms. The molecule has 0 aliphatic heterocycles. The van der Waals surface area contributed by atoms with E-state index in [2.05, 4.69) is 4.74 Å². The lowest BCUT2D eigenvalue weighted by Crippen LogP contribution is -2.33. The predicted octanol–water partition coefficient (Wildman–Crippen LogP) is -0.0218. The van der Waals surface area contributed by atoms with Crippen molar-refractivity contribution in [2.75, 3.05) is 20.3 Å². The summed E-state index contributed by atoms with van der Waals surface area (Å²) in [6.07, 6.45) is 0. The minimum absolute atomic E-state index is 0.00477. The molecule has 0 aliphatic carbocycles. The van der Waals surface area contributed by atoms with E-state index in [0.717, 1.165) is 6.07 Å². The van der Waals surface area contributed by atoms with Crippen LogP contribution < -0.4 is 10.2 Å². The quantitative estimate of drug-likeness (QED) is 0.566. The molecular formula is C10H13BF2O4. The molecule has 0 atom stereocenters. The van der Waals surface area contributed by atoms with Crippen LogP contribution in [0.15, 0.2) is 6.07 Å². The van der Waals surface area contributed by atoms with Crippen LogP contribution in [0.3, 0.4) is 0 Å². The SMILES string of the molecule is COCCOc1c(F)cc(B(O)O)c(C)c1F. The van der Waals surface area contributed by atoms with E-state index in [-0.39, 0.29) is 24.2 Å². The van der Waals surface area contributed by atoms with Gasteiger partial charge < -0.3 is 19.5 Å². The molecule has 0 fully saturated rings. The first-order valence-corrected chi connectivity index (χ1v) is 4.95. The minimum Gasteiger partial charge on any atom is -0.485 e. The van der Waals surface area contributed by atoms with Crippen LogP contribution in [0.4, 0.5) is 8.78 Å². The Morgan fingerprint density at radius 1 is 1.29 bits per heavy atom. The van der Waals surface area contributed by atoms with Gasteiger partial charge in [0.05, 0.1) is 6.61 Å². The van der Waals surface area contributed by atoms with E-state index in [9.17, 15) is 8.78 Å². The standard InChI is InChI=1S/C10H13BF2O4/c1-6-7(11(14)15)5-8(12)10(9(6)13)17-4-3-16-2/h5,14-15H,3-4H2,1-2H3. The first-order chi connectivity index (χ1) is 7.99. The van der Waals surface area contributed by atoms with E-state index >= 15 is 0 Å². The topological polar surface area (TPSA) is 58.9 Å². The van der Waals surface area contributed by atoms with Gasteiger partial charge in [-0.05, 0) is 24.0 Å². The Hall–Kier alpha value is -1.18. The number of rotatable bonds is 5. The van der Waals surface area contributed by atoms with Crippen LogP contribution in [0, 0.1) is 18.6 Å². The van der Waals surface area contributed by atoms with E-state index in [1.807, 2.05) is 0 Å². The molecule has 94 valence electrons. The fourth-order valence-electron chi connectivity index (χ4n) is 1.34. The first kappa shape index (κ1) is 13.9. The normalized spacial score (nSPS) is 10.5. The molecule has 0 aliphatic rings. The maximum absolute atomic E-state index is 13.7. The van der Waals surface area contributed by atoms with E-state index in [0.29, 0.717) is 0 Å². The van der Waals surface area contributed by atoms with Crippen LogP contribution in [-0.4, -0.2) is 37.5 Å².